The van der Waals surface area contributed by atoms with Crippen LogP contribution >= 0.6 is 0 Å². The number of rotatable bonds is 7. The van der Waals surface area contributed by atoms with Crippen LogP contribution in [0.5, 0.6) is 0 Å². The highest BCUT2D eigenvalue weighted by atomic mass is 15.3. The predicted molar refractivity (Wildman–Crippen MR) is 117 cm³/mol. The van der Waals surface area contributed by atoms with Gasteiger partial charge in [0.25, 0.3) is 0 Å². The van der Waals surface area contributed by atoms with Gasteiger partial charge in [-0.2, -0.15) is 20.1 Å². The van der Waals surface area contributed by atoms with Crippen molar-refractivity contribution in [2.45, 2.75) is 19.5 Å². The van der Waals surface area contributed by atoms with Gasteiger partial charge in [-0.05, 0) is 38.2 Å². The van der Waals surface area contributed by atoms with Gasteiger partial charge in [0, 0.05) is 24.0 Å². The summed E-state index contributed by atoms with van der Waals surface area (Å²) in [6, 6.07) is 19.7. The third-order valence-electron chi connectivity index (χ3n) is 4.82. The molecule has 30 heavy (non-hydrogen) atoms. The lowest BCUT2D eigenvalue weighted by atomic mass is 10.2. The number of aromatic nitrogens is 5. The Kier molecular flexibility index (Phi) is 5.67. The molecule has 0 bridgehead atoms. The zero-order chi connectivity index (χ0) is 20.9. The molecular formula is C22H24N8. The fourth-order valence-corrected chi connectivity index (χ4v) is 3.09. The van der Waals surface area contributed by atoms with Crippen LogP contribution in [-0.2, 0) is 6.54 Å². The molecule has 0 saturated heterocycles. The van der Waals surface area contributed by atoms with E-state index < -0.39 is 0 Å². The number of nitrogens with zero attached hydrogens (tertiary/aromatic N) is 6. The smallest absolute Gasteiger partial charge is 0.232 e. The molecule has 2 aromatic carbocycles. The normalized spacial score (nSPS) is 12.1. The van der Waals surface area contributed by atoms with Crippen molar-refractivity contribution in [1.29, 1.82) is 0 Å². The molecule has 3 N–H and O–H groups in total. The number of hydrogen-bond donors (Lipinski definition) is 2. The third kappa shape index (κ3) is 4.61. The first-order valence-electron chi connectivity index (χ1n) is 9.71. The summed E-state index contributed by atoms with van der Waals surface area (Å²) in [7, 11) is 2.02. The maximum absolute atomic E-state index is 5.94. The van der Waals surface area contributed by atoms with Crippen molar-refractivity contribution in [2.75, 3.05) is 18.1 Å². The molecule has 0 radical (unpaired) electrons. The second kappa shape index (κ2) is 8.71. The molecule has 8 nitrogen and oxygen atoms in total. The van der Waals surface area contributed by atoms with Crippen LogP contribution in [0.25, 0.3) is 5.69 Å². The number of hydrogen-bond acceptors (Lipinski definition) is 7. The van der Waals surface area contributed by atoms with Gasteiger partial charge in [-0.1, -0.05) is 36.4 Å². The van der Waals surface area contributed by atoms with E-state index in [1.54, 1.807) is 0 Å². The summed E-state index contributed by atoms with van der Waals surface area (Å²) < 4.78 is 1.87. The van der Waals surface area contributed by atoms with Crippen LogP contribution in [0, 0.1) is 0 Å². The molecule has 4 rings (SSSR count). The van der Waals surface area contributed by atoms with E-state index in [1.165, 1.54) is 0 Å². The van der Waals surface area contributed by atoms with E-state index >= 15 is 0 Å². The highest BCUT2D eigenvalue weighted by Crippen LogP contribution is 2.21. The van der Waals surface area contributed by atoms with Crippen LogP contribution in [0.1, 0.15) is 24.4 Å². The Bertz CT molecular complexity index is 1090. The van der Waals surface area contributed by atoms with Crippen LogP contribution in [-0.4, -0.2) is 36.7 Å². The second-order valence-electron chi connectivity index (χ2n) is 7.09. The largest absolute Gasteiger partial charge is 0.368 e. The average molecular weight is 400 g/mol. The van der Waals surface area contributed by atoms with E-state index in [0.717, 1.165) is 16.9 Å². The fourth-order valence-electron chi connectivity index (χ4n) is 3.09. The van der Waals surface area contributed by atoms with Crippen LogP contribution in [0.4, 0.5) is 17.6 Å². The SMILES string of the molecule is CC(c1nc(N)nc(Nc2ccccc2)n1)N(C)Cc1cnn(-c2ccccc2)c1. The maximum Gasteiger partial charge on any atom is 0.232 e. The van der Waals surface area contributed by atoms with Crippen molar-refractivity contribution in [3.05, 3.63) is 84.4 Å². The first-order valence-corrected chi connectivity index (χ1v) is 9.71. The van der Waals surface area contributed by atoms with Gasteiger partial charge in [-0.3, -0.25) is 4.90 Å². The fraction of sp³-hybridized carbons (Fsp3) is 0.182. The van der Waals surface area contributed by atoms with Crippen molar-refractivity contribution in [2.24, 2.45) is 0 Å². The van der Waals surface area contributed by atoms with Crippen LogP contribution in [0.15, 0.2) is 73.1 Å². The summed E-state index contributed by atoms with van der Waals surface area (Å²) in [5.74, 6) is 1.23. The Hall–Kier alpha value is -3.78. The van der Waals surface area contributed by atoms with E-state index in [1.807, 2.05) is 91.7 Å². The van der Waals surface area contributed by atoms with Crippen LogP contribution < -0.4 is 11.1 Å². The van der Waals surface area contributed by atoms with Crippen molar-refractivity contribution >= 4 is 17.6 Å². The third-order valence-corrected chi connectivity index (χ3v) is 4.82. The summed E-state index contributed by atoms with van der Waals surface area (Å²) in [6.45, 7) is 2.74. The van der Waals surface area contributed by atoms with E-state index in [2.05, 4.69) is 30.3 Å². The van der Waals surface area contributed by atoms with Crippen molar-refractivity contribution in [3.8, 4) is 5.69 Å². The molecule has 2 heterocycles. The molecule has 8 heteroatoms. The highest BCUT2D eigenvalue weighted by Gasteiger charge is 2.18. The van der Waals surface area contributed by atoms with Gasteiger partial charge in [0.15, 0.2) is 5.82 Å². The molecule has 0 aliphatic carbocycles. The minimum Gasteiger partial charge on any atom is -0.368 e. The maximum atomic E-state index is 5.94. The zero-order valence-corrected chi connectivity index (χ0v) is 17.0. The molecule has 0 amide bonds. The number of nitrogens with one attached hydrogen (secondary N) is 1. The molecule has 1 atom stereocenters. The molecule has 4 aromatic rings. The molecule has 2 aromatic heterocycles. The first kappa shape index (κ1) is 19.5. The standard InChI is InChI=1S/C22H24N8/c1-16(20-26-21(23)28-22(27-20)25-18-9-5-3-6-10-18)29(2)14-17-13-24-30(15-17)19-11-7-4-8-12-19/h3-13,15-16H,14H2,1-2H3,(H3,23,25,26,27,28). The van der Waals surface area contributed by atoms with Crippen molar-refractivity contribution < 1.29 is 0 Å². The minimum atomic E-state index is -0.0632. The predicted octanol–water partition coefficient (Wildman–Crippen LogP) is 3.58. The monoisotopic (exact) mass is 400 g/mol. The molecule has 1 unspecified atom stereocenters. The van der Waals surface area contributed by atoms with Gasteiger partial charge in [-0.15, -0.1) is 0 Å². The number of nitrogens with two attached hydrogens (primary N) is 1. The Balaban J connectivity index is 1.47. The Morgan fingerprint density at radius 3 is 2.43 bits per heavy atom. The summed E-state index contributed by atoms with van der Waals surface area (Å²) in [4.78, 5) is 15.3. The summed E-state index contributed by atoms with van der Waals surface area (Å²) in [6.07, 6.45) is 3.91. The van der Waals surface area contributed by atoms with Crippen molar-refractivity contribution in [3.63, 3.8) is 0 Å². The van der Waals surface area contributed by atoms with Gasteiger partial charge >= 0.3 is 0 Å². The molecule has 152 valence electrons. The lowest BCUT2D eigenvalue weighted by molar-refractivity contribution is 0.244. The topological polar surface area (TPSA) is 97.8 Å². The van der Waals surface area contributed by atoms with E-state index in [4.69, 9.17) is 5.73 Å². The van der Waals surface area contributed by atoms with Gasteiger partial charge in [-0.25, -0.2) is 4.68 Å². The zero-order valence-electron chi connectivity index (χ0n) is 17.0. The molecular weight excluding hydrogens is 376 g/mol. The molecule has 0 aliphatic rings. The lowest BCUT2D eigenvalue weighted by Crippen LogP contribution is -2.24. The average Bonchev–Trinajstić information content (AvgIpc) is 3.22. The highest BCUT2D eigenvalue weighted by molar-refractivity contribution is 5.53. The Morgan fingerprint density at radius 2 is 1.70 bits per heavy atom. The van der Waals surface area contributed by atoms with Crippen molar-refractivity contribution in [1.82, 2.24) is 29.6 Å². The summed E-state index contributed by atoms with van der Waals surface area (Å²) in [5, 5.41) is 7.64. The van der Waals surface area contributed by atoms with E-state index in [0.29, 0.717) is 18.3 Å². The first-order chi connectivity index (χ1) is 14.6. The van der Waals surface area contributed by atoms with Crippen LogP contribution in [0.2, 0.25) is 0 Å². The Morgan fingerprint density at radius 1 is 1.00 bits per heavy atom. The minimum absolute atomic E-state index is 0.0632. The Labute approximate surface area is 175 Å². The molecule has 0 aliphatic heterocycles. The van der Waals surface area contributed by atoms with Gasteiger partial charge in [0.05, 0.1) is 17.9 Å². The number of anilines is 3. The molecule has 0 fully saturated rings. The number of benzene rings is 2. The second-order valence-corrected chi connectivity index (χ2v) is 7.09. The van der Waals surface area contributed by atoms with Gasteiger partial charge < -0.3 is 11.1 Å². The lowest BCUT2D eigenvalue weighted by Gasteiger charge is -2.23. The molecule has 0 saturated carbocycles. The summed E-state index contributed by atoms with van der Waals surface area (Å²) >= 11 is 0. The van der Waals surface area contributed by atoms with Gasteiger partial charge in [0.2, 0.25) is 11.9 Å². The van der Waals surface area contributed by atoms with E-state index in [9.17, 15) is 0 Å². The number of nitrogen functional groups attached to an aromatic ring is 1. The van der Waals surface area contributed by atoms with E-state index in [-0.39, 0.29) is 12.0 Å². The quantitative estimate of drug-likeness (QED) is 0.489. The van der Waals surface area contributed by atoms with Gasteiger partial charge in [0.1, 0.15) is 0 Å². The molecule has 0 spiro atoms. The number of para-hydroxylation sites is 2. The van der Waals surface area contributed by atoms with Crippen LogP contribution in [0.3, 0.4) is 0 Å². The summed E-state index contributed by atoms with van der Waals surface area (Å²) in [5.41, 5.74) is 8.95.